The lowest BCUT2D eigenvalue weighted by Crippen LogP contribution is -2.13. The van der Waals surface area contributed by atoms with Gasteiger partial charge in [0, 0.05) is 18.8 Å². The number of hydrogen-bond donors (Lipinski definition) is 3. The van der Waals surface area contributed by atoms with Crippen LogP contribution in [0, 0.1) is 6.92 Å². The summed E-state index contributed by atoms with van der Waals surface area (Å²) in [6.45, 7) is 6.55. The van der Waals surface area contributed by atoms with Crippen molar-refractivity contribution in [2.75, 3.05) is 39.1 Å². The number of nitrogens with zero attached hydrogens (tertiary/aromatic N) is 4. The number of hydrogen-bond acceptors (Lipinski definition) is 9. The highest BCUT2D eigenvalue weighted by molar-refractivity contribution is 7.18. The van der Waals surface area contributed by atoms with Crippen LogP contribution in [0.5, 0.6) is 5.88 Å². The Morgan fingerprint density at radius 3 is 2.60 bits per heavy atom. The van der Waals surface area contributed by atoms with Crippen LogP contribution in [0.1, 0.15) is 5.82 Å². The highest BCUT2D eigenvalue weighted by Crippen LogP contribution is 2.30. The molecule has 0 aliphatic carbocycles. The van der Waals surface area contributed by atoms with Crippen molar-refractivity contribution < 1.29 is 9.84 Å². The lowest BCUT2D eigenvalue weighted by atomic mass is 10.2. The van der Waals surface area contributed by atoms with Gasteiger partial charge in [0.05, 0.1) is 17.2 Å². The maximum absolute atomic E-state index is 8.49. The van der Waals surface area contributed by atoms with Crippen LogP contribution < -0.4 is 15.8 Å². The standard InChI is InChI=1S/C16H17N5OS.C5H11NO/c1-11-19-14(9-15(20-11)22-8-7-17)21-16-18-10-13(23-16)12-5-3-2-4-6-12;1-5(7)4-6(2)3/h2-6,9-10H,7-8,17H2,1H3,(H,18,19,20,21);7H,1,4H2,2-3H3. The van der Waals surface area contributed by atoms with Crippen LogP contribution in [-0.4, -0.2) is 58.8 Å². The molecule has 0 spiro atoms. The third-order valence-corrected chi connectivity index (χ3v) is 4.44. The molecule has 0 saturated heterocycles. The first kappa shape index (κ1) is 23.3. The van der Waals surface area contributed by atoms with Gasteiger partial charge in [-0.25, -0.2) is 9.97 Å². The Hall–Kier alpha value is -3.01. The molecular weight excluding hydrogens is 400 g/mol. The van der Waals surface area contributed by atoms with Gasteiger partial charge in [0.2, 0.25) is 5.88 Å². The van der Waals surface area contributed by atoms with Gasteiger partial charge >= 0.3 is 0 Å². The van der Waals surface area contributed by atoms with Gasteiger partial charge < -0.3 is 25.8 Å². The molecule has 0 bridgehead atoms. The second kappa shape index (κ2) is 11.9. The molecule has 3 aromatic rings. The van der Waals surface area contributed by atoms with E-state index in [9.17, 15) is 0 Å². The monoisotopic (exact) mass is 428 g/mol. The lowest BCUT2D eigenvalue weighted by Gasteiger charge is -2.07. The van der Waals surface area contributed by atoms with Crippen molar-refractivity contribution in [2.45, 2.75) is 6.92 Å². The minimum absolute atomic E-state index is 0.213. The van der Waals surface area contributed by atoms with Crippen molar-refractivity contribution in [1.29, 1.82) is 0 Å². The molecule has 0 amide bonds. The fraction of sp³-hybridized carbons (Fsp3) is 0.286. The Balaban J connectivity index is 0.000000396. The molecule has 30 heavy (non-hydrogen) atoms. The summed E-state index contributed by atoms with van der Waals surface area (Å²) in [6.07, 6.45) is 1.85. The molecule has 0 saturated carbocycles. The Morgan fingerprint density at radius 2 is 2.00 bits per heavy atom. The van der Waals surface area contributed by atoms with Crippen molar-refractivity contribution in [3.8, 4) is 16.3 Å². The maximum atomic E-state index is 8.49. The van der Waals surface area contributed by atoms with E-state index in [2.05, 4.69) is 39.0 Å². The number of thiazole rings is 1. The first-order valence-electron chi connectivity index (χ1n) is 9.35. The zero-order valence-corrected chi connectivity index (χ0v) is 18.3. The van der Waals surface area contributed by atoms with Crippen molar-refractivity contribution in [3.05, 3.63) is 60.8 Å². The molecule has 9 heteroatoms. The van der Waals surface area contributed by atoms with E-state index < -0.39 is 0 Å². The third kappa shape index (κ3) is 8.16. The summed E-state index contributed by atoms with van der Waals surface area (Å²) in [7, 11) is 3.75. The summed E-state index contributed by atoms with van der Waals surface area (Å²) in [6, 6.07) is 11.9. The van der Waals surface area contributed by atoms with E-state index in [4.69, 9.17) is 15.6 Å². The van der Waals surface area contributed by atoms with E-state index in [0.29, 0.717) is 37.2 Å². The fourth-order valence-electron chi connectivity index (χ4n) is 2.38. The zero-order chi connectivity index (χ0) is 21.9. The van der Waals surface area contributed by atoms with Gasteiger partial charge in [0.25, 0.3) is 0 Å². The summed E-state index contributed by atoms with van der Waals surface area (Å²) < 4.78 is 5.46. The molecule has 2 heterocycles. The molecule has 160 valence electrons. The molecular formula is C21H28N6O2S. The highest BCUT2D eigenvalue weighted by atomic mass is 32.1. The van der Waals surface area contributed by atoms with Gasteiger partial charge in [-0.05, 0) is 26.6 Å². The van der Waals surface area contributed by atoms with Gasteiger partial charge in [0.15, 0.2) is 5.13 Å². The normalized spacial score (nSPS) is 10.3. The van der Waals surface area contributed by atoms with Crippen molar-refractivity contribution in [3.63, 3.8) is 0 Å². The van der Waals surface area contributed by atoms with Crippen LogP contribution in [0.4, 0.5) is 10.9 Å². The van der Waals surface area contributed by atoms with Crippen molar-refractivity contribution in [1.82, 2.24) is 19.9 Å². The predicted molar refractivity (Wildman–Crippen MR) is 122 cm³/mol. The van der Waals surface area contributed by atoms with Gasteiger partial charge in [-0.15, -0.1) is 0 Å². The van der Waals surface area contributed by atoms with E-state index >= 15 is 0 Å². The Morgan fingerprint density at radius 1 is 1.27 bits per heavy atom. The molecule has 4 N–H and O–H groups in total. The Labute approximate surface area is 181 Å². The summed E-state index contributed by atoms with van der Waals surface area (Å²) in [5.74, 6) is 2.00. The number of aryl methyl sites for hydroxylation is 1. The summed E-state index contributed by atoms with van der Waals surface area (Å²) >= 11 is 1.57. The Bertz CT molecular complexity index is 930. The van der Waals surface area contributed by atoms with E-state index in [0.717, 1.165) is 15.6 Å². The molecule has 2 aromatic heterocycles. The number of aliphatic hydroxyl groups excluding tert-OH is 1. The summed E-state index contributed by atoms with van der Waals surface area (Å²) in [5, 5.41) is 12.5. The molecule has 0 fully saturated rings. The van der Waals surface area contributed by atoms with Crippen LogP contribution in [0.15, 0.2) is 54.9 Å². The molecule has 0 aliphatic rings. The first-order valence-corrected chi connectivity index (χ1v) is 10.2. The topological polar surface area (TPSA) is 109 Å². The number of nitrogens with two attached hydrogens (primary N) is 1. The minimum Gasteiger partial charge on any atom is -0.512 e. The molecule has 0 atom stereocenters. The predicted octanol–water partition coefficient (Wildman–Crippen LogP) is 3.61. The summed E-state index contributed by atoms with van der Waals surface area (Å²) in [5.41, 5.74) is 6.58. The van der Waals surface area contributed by atoms with E-state index in [1.807, 2.05) is 50.3 Å². The molecule has 8 nitrogen and oxygen atoms in total. The van der Waals surface area contributed by atoms with Gasteiger partial charge in [-0.3, -0.25) is 0 Å². The molecule has 0 radical (unpaired) electrons. The SMILES string of the molecule is C=C(O)CN(C)C.Cc1nc(Nc2ncc(-c3ccccc3)s2)cc(OCCN)n1. The quantitative estimate of drug-likeness (QED) is 0.467. The Kier molecular flexibility index (Phi) is 9.20. The number of nitrogens with one attached hydrogen (secondary N) is 1. The van der Waals surface area contributed by atoms with Gasteiger partial charge in [-0.2, -0.15) is 4.98 Å². The highest BCUT2D eigenvalue weighted by Gasteiger charge is 2.07. The average Bonchev–Trinajstić information content (AvgIpc) is 3.14. The molecule has 1 aromatic carbocycles. The smallest absolute Gasteiger partial charge is 0.218 e. The molecule has 3 rings (SSSR count). The number of likely N-dealkylation sites (N-methyl/N-ethyl adjacent to an activating group) is 1. The first-order chi connectivity index (χ1) is 14.4. The van der Waals surface area contributed by atoms with Gasteiger partial charge in [-0.1, -0.05) is 48.2 Å². The van der Waals surface area contributed by atoms with Crippen LogP contribution in [0.25, 0.3) is 10.4 Å². The fourth-order valence-corrected chi connectivity index (χ4v) is 3.21. The van der Waals surface area contributed by atoms with Crippen LogP contribution in [0.3, 0.4) is 0 Å². The van der Waals surface area contributed by atoms with Crippen LogP contribution in [-0.2, 0) is 0 Å². The van der Waals surface area contributed by atoms with E-state index in [-0.39, 0.29) is 5.76 Å². The minimum atomic E-state index is 0.213. The molecule has 0 unspecified atom stereocenters. The van der Waals surface area contributed by atoms with Gasteiger partial charge in [0.1, 0.15) is 18.2 Å². The number of anilines is 2. The van der Waals surface area contributed by atoms with Crippen LogP contribution >= 0.6 is 11.3 Å². The number of aromatic nitrogens is 3. The number of aliphatic hydroxyl groups is 1. The molecule has 0 aliphatic heterocycles. The number of ether oxygens (including phenoxy) is 1. The van der Waals surface area contributed by atoms with Crippen molar-refractivity contribution >= 4 is 22.3 Å². The van der Waals surface area contributed by atoms with E-state index in [1.54, 1.807) is 17.4 Å². The average molecular weight is 429 g/mol. The summed E-state index contributed by atoms with van der Waals surface area (Å²) in [4.78, 5) is 15.9. The van der Waals surface area contributed by atoms with Crippen molar-refractivity contribution in [2.24, 2.45) is 5.73 Å². The third-order valence-electron chi connectivity index (χ3n) is 3.48. The zero-order valence-electron chi connectivity index (χ0n) is 17.5. The maximum Gasteiger partial charge on any atom is 0.218 e. The largest absolute Gasteiger partial charge is 0.512 e. The second-order valence-corrected chi connectivity index (χ2v) is 7.63. The van der Waals surface area contributed by atoms with Crippen LogP contribution in [0.2, 0.25) is 0 Å². The lowest BCUT2D eigenvalue weighted by molar-refractivity contribution is 0.314. The second-order valence-electron chi connectivity index (χ2n) is 6.60. The van der Waals surface area contributed by atoms with E-state index in [1.165, 1.54) is 0 Å². The number of rotatable bonds is 8. The number of benzene rings is 1.